The van der Waals surface area contributed by atoms with Crippen LogP contribution in [-0.2, 0) is 20.7 Å². The van der Waals surface area contributed by atoms with Crippen molar-refractivity contribution in [3.05, 3.63) is 58.6 Å². The van der Waals surface area contributed by atoms with Gasteiger partial charge >= 0.3 is 5.97 Å². The van der Waals surface area contributed by atoms with Crippen LogP contribution in [0.1, 0.15) is 29.2 Å². The summed E-state index contributed by atoms with van der Waals surface area (Å²) < 4.78 is 13.2. The number of carbonyl (C=O) groups is 1. The van der Waals surface area contributed by atoms with Crippen molar-refractivity contribution in [1.82, 2.24) is 14.5 Å². The summed E-state index contributed by atoms with van der Waals surface area (Å²) in [6, 6.07) is 6.99. The van der Waals surface area contributed by atoms with Crippen molar-refractivity contribution in [3.8, 4) is 0 Å². The van der Waals surface area contributed by atoms with Crippen LogP contribution in [0.2, 0.25) is 5.02 Å². The van der Waals surface area contributed by atoms with Crippen LogP contribution in [0.3, 0.4) is 0 Å². The van der Waals surface area contributed by atoms with Crippen molar-refractivity contribution < 1.29 is 24.5 Å². The Hall–Kier alpha value is -2.52. The summed E-state index contributed by atoms with van der Waals surface area (Å²) in [7, 11) is 0. The average Bonchev–Trinajstić information content (AvgIpc) is 3.23. The molecule has 29 heavy (non-hydrogen) atoms. The number of fused-ring (bicyclic) bond motifs is 2. The fraction of sp³-hybridized carbons (Fsp3) is 0.350. The van der Waals surface area contributed by atoms with E-state index in [1.165, 1.54) is 6.33 Å². The Morgan fingerprint density at radius 1 is 1.21 bits per heavy atom. The number of hydrogen-bond acceptors (Lipinski definition) is 7. The van der Waals surface area contributed by atoms with E-state index in [0.717, 1.165) is 16.6 Å². The molecule has 0 aliphatic carbocycles. The second-order valence-electron chi connectivity index (χ2n) is 7.32. The molecular formula is C20H18ClN3O5. The predicted octanol–water partition coefficient (Wildman–Crippen LogP) is 1.85. The van der Waals surface area contributed by atoms with Crippen LogP contribution in [0.25, 0.3) is 11.0 Å². The number of hydrogen-bond donors (Lipinski definition) is 2. The van der Waals surface area contributed by atoms with Gasteiger partial charge in [-0.3, -0.25) is 4.79 Å². The van der Waals surface area contributed by atoms with Crippen LogP contribution in [0.4, 0.5) is 0 Å². The maximum absolute atomic E-state index is 12.1. The molecule has 1 fully saturated rings. The average molecular weight is 416 g/mol. The van der Waals surface area contributed by atoms with E-state index in [0.29, 0.717) is 16.2 Å². The lowest BCUT2D eigenvalue weighted by Crippen LogP contribution is -2.38. The normalized spacial score (nSPS) is 29.1. The van der Waals surface area contributed by atoms with Crippen molar-refractivity contribution in [1.29, 1.82) is 0 Å². The molecule has 2 N–H and O–H groups in total. The fourth-order valence-corrected chi connectivity index (χ4v) is 4.31. The summed E-state index contributed by atoms with van der Waals surface area (Å²) in [5, 5.41) is 22.8. The Balaban J connectivity index is 1.52. The molecule has 3 aromatic rings. The Morgan fingerprint density at radius 2 is 2.03 bits per heavy atom. The Morgan fingerprint density at radius 3 is 2.86 bits per heavy atom. The lowest BCUT2D eigenvalue weighted by Gasteiger charge is -2.31. The summed E-state index contributed by atoms with van der Waals surface area (Å²) in [6.45, 7) is 1.86. The lowest BCUT2D eigenvalue weighted by atomic mass is 9.92. The highest BCUT2D eigenvalue weighted by molar-refractivity contribution is 6.30. The van der Waals surface area contributed by atoms with E-state index >= 15 is 0 Å². The summed E-state index contributed by atoms with van der Waals surface area (Å²) in [4.78, 5) is 20.6. The van der Waals surface area contributed by atoms with Crippen LogP contribution in [0.5, 0.6) is 0 Å². The summed E-state index contributed by atoms with van der Waals surface area (Å²) in [5.41, 5.74) is 2.82. The number of aliphatic hydroxyl groups is 2. The van der Waals surface area contributed by atoms with Crippen LogP contribution >= 0.6 is 11.6 Å². The first-order chi connectivity index (χ1) is 13.9. The number of nitrogens with zero attached hydrogens (tertiary/aromatic N) is 3. The van der Waals surface area contributed by atoms with Gasteiger partial charge in [0.25, 0.3) is 0 Å². The molecule has 2 aliphatic heterocycles. The van der Waals surface area contributed by atoms with Crippen LogP contribution in [0, 0.1) is 6.92 Å². The molecule has 1 aromatic carbocycles. The van der Waals surface area contributed by atoms with Crippen molar-refractivity contribution in [2.75, 3.05) is 0 Å². The number of aromatic nitrogens is 3. The first-order valence-corrected chi connectivity index (χ1v) is 9.59. The number of ether oxygens (including phenoxy) is 2. The Bertz CT molecular complexity index is 1120. The van der Waals surface area contributed by atoms with Crippen molar-refractivity contribution >= 4 is 28.6 Å². The maximum Gasteiger partial charge on any atom is 0.310 e. The zero-order valence-corrected chi connectivity index (χ0v) is 16.2. The molecule has 4 heterocycles. The zero-order chi connectivity index (χ0) is 20.3. The number of aliphatic hydroxyl groups excluding tert-OH is 2. The molecule has 0 unspecified atom stereocenters. The maximum atomic E-state index is 12.1. The smallest absolute Gasteiger partial charge is 0.310 e. The Labute approximate surface area is 170 Å². The van der Waals surface area contributed by atoms with E-state index in [1.807, 2.05) is 13.0 Å². The molecule has 2 aliphatic rings. The number of rotatable bonds is 2. The third kappa shape index (κ3) is 2.91. The zero-order valence-electron chi connectivity index (χ0n) is 15.4. The molecular weight excluding hydrogens is 398 g/mol. The van der Waals surface area contributed by atoms with Crippen molar-refractivity contribution in [2.45, 2.75) is 44.0 Å². The molecule has 1 saturated heterocycles. The first kappa shape index (κ1) is 18.5. The van der Waals surface area contributed by atoms with Crippen molar-refractivity contribution in [2.24, 2.45) is 0 Å². The van der Waals surface area contributed by atoms with Gasteiger partial charge in [0.15, 0.2) is 12.3 Å². The molecule has 0 saturated carbocycles. The third-order valence-electron chi connectivity index (χ3n) is 5.56. The highest BCUT2D eigenvalue weighted by atomic mass is 35.5. The number of esters is 1. The van der Waals surface area contributed by atoms with E-state index in [2.05, 4.69) is 9.97 Å². The van der Waals surface area contributed by atoms with Gasteiger partial charge in [0.05, 0.1) is 12.1 Å². The molecule has 8 nitrogen and oxygen atoms in total. The quantitative estimate of drug-likeness (QED) is 0.615. The largest absolute Gasteiger partial charge is 0.454 e. The molecule has 0 radical (unpaired) electrons. The van der Waals surface area contributed by atoms with E-state index < -0.39 is 36.6 Å². The highest BCUT2D eigenvalue weighted by Gasteiger charge is 2.50. The first-order valence-electron chi connectivity index (χ1n) is 9.21. The van der Waals surface area contributed by atoms with Gasteiger partial charge in [-0.25, -0.2) is 9.97 Å². The summed E-state index contributed by atoms with van der Waals surface area (Å²) in [5.74, 6) is -0.437. The predicted molar refractivity (Wildman–Crippen MR) is 102 cm³/mol. The van der Waals surface area contributed by atoms with Gasteiger partial charge in [0, 0.05) is 16.6 Å². The molecule has 150 valence electrons. The monoisotopic (exact) mass is 415 g/mol. The van der Waals surface area contributed by atoms with E-state index in [1.54, 1.807) is 29.0 Å². The van der Waals surface area contributed by atoms with E-state index in [-0.39, 0.29) is 6.42 Å². The highest BCUT2D eigenvalue weighted by Crippen LogP contribution is 2.42. The number of benzene rings is 1. The second kappa shape index (κ2) is 6.77. The SMILES string of the molecule is Cc1ncnc2c1ccn2[C@@H]1O[C@H]([C@@H]2OC(=O)Cc3cc(Cl)ccc32)[C@@H](O)[C@H]1O. The summed E-state index contributed by atoms with van der Waals surface area (Å²) in [6.07, 6.45) is -1.92. The molecule has 5 atom stereocenters. The number of aryl methyl sites for hydroxylation is 1. The minimum absolute atomic E-state index is 0.0969. The van der Waals surface area contributed by atoms with Crippen LogP contribution in [-0.4, -0.2) is 49.0 Å². The van der Waals surface area contributed by atoms with Gasteiger partial charge in [-0.1, -0.05) is 17.7 Å². The number of carbonyl (C=O) groups excluding carboxylic acids is 1. The fourth-order valence-electron chi connectivity index (χ4n) is 4.12. The third-order valence-corrected chi connectivity index (χ3v) is 5.80. The molecule has 2 aromatic heterocycles. The lowest BCUT2D eigenvalue weighted by molar-refractivity contribution is -0.164. The van der Waals surface area contributed by atoms with Crippen LogP contribution < -0.4 is 0 Å². The van der Waals surface area contributed by atoms with Crippen LogP contribution in [0.15, 0.2) is 36.8 Å². The topological polar surface area (TPSA) is 107 Å². The standard InChI is InChI=1S/C20H18ClN3O5/c1-9-12-4-5-24(19(12)23-8-22-9)20-16(27)15(26)18(29-20)17-13-3-2-11(21)6-10(13)7-14(25)28-17/h2-6,8,15-18,20,26-27H,7H2,1H3/t15-,16+,17+,18-,20+/m0/s1. The molecule has 5 rings (SSSR count). The van der Waals surface area contributed by atoms with Gasteiger partial charge < -0.3 is 24.3 Å². The van der Waals surface area contributed by atoms with Gasteiger partial charge in [0.1, 0.15) is 30.3 Å². The van der Waals surface area contributed by atoms with Gasteiger partial charge in [-0.15, -0.1) is 0 Å². The van der Waals surface area contributed by atoms with Crippen molar-refractivity contribution in [3.63, 3.8) is 0 Å². The van der Waals surface area contributed by atoms with E-state index in [4.69, 9.17) is 21.1 Å². The van der Waals surface area contributed by atoms with Gasteiger partial charge in [-0.2, -0.15) is 0 Å². The molecule has 9 heteroatoms. The van der Waals surface area contributed by atoms with Gasteiger partial charge in [-0.05, 0) is 36.2 Å². The van der Waals surface area contributed by atoms with E-state index in [9.17, 15) is 15.0 Å². The minimum atomic E-state index is -1.26. The minimum Gasteiger partial charge on any atom is -0.454 e. The summed E-state index contributed by atoms with van der Waals surface area (Å²) >= 11 is 6.05. The molecule has 0 spiro atoms. The number of halogens is 1. The molecule has 0 amide bonds. The second-order valence-corrected chi connectivity index (χ2v) is 7.76. The number of cyclic esters (lactones) is 1. The Kier molecular flexibility index (Phi) is 4.32. The van der Waals surface area contributed by atoms with Gasteiger partial charge in [0.2, 0.25) is 0 Å². The molecule has 0 bridgehead atoms.